The molecular formula is C18H14N2O3. The molecule has 0 atom stereocenters. The molecule has 0 saturated heterocycles. The molecule has 2 aromatic heterocycles. The summed E-state index contributed by atoms with van der Waals surface area (Å²) in [4.78, 5) is 26.9. The van der Waals surface area contributed by atoms with Gasteiger partial charge in [-0.25, -0.2) is 0 Å². The molecule has 0 aliphatic heterocycles. The largest absolute Gasteiger partial charge is 0.504 e. The Labute approximate surface area is 130 Å². The Morgan fingerprint density at radius 1 is 1.00 bits per heavy atom. The second-order valence-corrected chi connectivity index (χ2v) is 5.77. The van der Waals surface area contributed by atoms with Crippen molar-refractivity contribution in [2.45, 2.75) is 6.92 Å². The highest BCUT2D eigenvalue weighted by Crippen LogP contribution is 2.35. The summed E-state index contributed by atoms with van der Waals surface area (Å²) in [6.07, 6.45) is 0. The third-order valence-electron chi connectivity index (χ3n) is 4.38. The molecule has 0 fully saturated rings. The molecule has 0 bridgehead atoms. The maximum absolute atomic E-state index is 12.5. The summed E-state index contributed by atoms with van der Waals surface area (Å²) >= 11 is 0. The maximum Gasteiger partial charge on any atom is 0.258 e. The van der Waals surface area contributed by atoms with Crippen molar-refractivity contribution in [3.05, 3.63) is 62.7 Å². The lowest BCUT2D eigenvalue weighted by atomic mass is 10.0. The van der Waals surface area contributed by atoms with Crippen LogP contribution < -0.4 is 11.1 Å². The third kappa shape index (κ3) is 1.73. The summed E-state index contributed by atoms with van der Waals surface area (Å²) in [6.45, 7) is 1.83. The highest BCUT2D eigenvalue weighted by molar-refractivity contribution is 6.13. The third-order valence-corrected chi connectivity index (χ3v) is 4.38. The van der Waals surface area contributed by atoms with Crippen LogP contribution in [0.3, 0.4) is 0 Å². The van der Waals surface area contributed by atoms with Crippen molar-refractivity contribution in [1.29, 1.82) is 0 Å². The quantitative estimate of drug-likeness (QED) is 0.387. The van der Waals surface area contributed by atoms with Crippen LogP contribution in [0.1, 0.15) is 5.56 Å². The van der Waals surface area contributed by atoms with E-state index in [1.165, 1.54) is 10.6 Å². The molecule has 0 saturated carbocycles. The predicted molar refractivity (Wildman–Crippen MR) is 91.2 cm³/mol. The summed E-state index contributed by atoms with van der Waals surface area (Å²) in [5.74, 6) is -0.0800. The fraction of sp³-hybridized carbons (Fsp3) is 0.111. The van der Waals surface area contributed by atoms with Crippen LogP contribution in [0.15, 0.2) is 46.0 Å². The van der Waals surface area contributed by atoms with Crippen LogP contribution in [0, 0.1) is 6.92 Å². The SMILES string of the molecule is Cc1cc(=O)[nH]c2c(O)c3c(cc12)c1ccccc1c(=O)n3C. The topological polar surface area (TPSA) is 75.1 Å². The van der Waals surface area contributed by atoms with Crippen molar-refractivity contribution >= 4 is 32.6 Å². The van der Waals surface area contributed by atoms with Crippen molar-refractivity contribution in [3.8, 4) is 5.75 Å². The standard InChI is InChI=1S/C18H14N2O3/c1-9-7-14(21)19-15-12(9)8-13-10-5-3-4-6-11(10)18(23)20(2)16(13)17(15)22/h3-8,22H,1-2H3,(H,19,21). The Morgan fingerprint density at radius 2 is 1.70 bits per heavy atom. The number of nitrogens with zero attached hydrogens (tertiary/aromatic N) is 1. The smallest absolute Gasteiger partial charge is 0.258 e. The molecule has 0 aliphatic carbocycles. The number of benzene rings is 2. The molecule has 2 heterocycles. The monoisotopic (exact) mass is 306 g/mol. The molecule has 4 aromatic rings. The molecule has 4 rings (SSSR count). The number of nitrogens with one attached hydrogen (secondary N) is 1. The summed E-state index contributed by atoms with van der Waals surface area (Å²) in [7, 11) is 1.62. The van der Waals surface area contributed by atoms with E-state index in [1.807, 2.05) is 31.2 Å². The van der Waals surface area contributed by atoms with E-state index in [0.717, 1.165) is 21.7 Å². The normalized spacial score (nSPS) is 11.6. The van der Waals surface area contributed by atoms with Crippen molar-refractivity contribution in [1.82, 2.24) is 9.55 Å². The van der Waals surface area contributed by atoms with Crippen molar-refractivity contribution in [3.63, 3.8) is 0 Å². The Balaban J connectivity index is 2.43. The van der Waals surface area contributed by atoms with Gasteiger partial charge in [0.15, 0.2) is 5.75 Å². The highest BCUT2D eigenvalue weighted by Gasteiger charge is 2.16. The summed E-state index contributed by atoms with van der Waals surface area (Å²) < 4.78 is 1.42. The van der Waals surface area contributed by atoms with Crippen LogP contribution in [0.4, 0.5) is 0 Å². The fourth-order valence-corrected chi connectivity index (χ4v) is 3.26. The average Bonchev–Trinajstić information content (AvgIpc) is 2.53. The first-order chi connectivity index (χ1) is 11.0. The van der Waals surface area contributed by atoms with E-state index in [2.05, 4.69) is 4.98 Å². The number of fused-ring (bicyclic) bond motifs is 4. The zero-order chi connectivity index (χ0) is 16.3. The van der Waals surface area contributed by atoms with Crippen molar-refractivity contribution in [2.24, 2.45) is 7.05 Å². The van der Waals surface area contributed by atoms with E-state index in [4.69, 9.17) is 0 Å². The van der Waals surface area contributed by atoms with Crippen LogP contribution in [0.25, 0.3) is 32.6 Å². The number of phenols is 1. The van der Waals surface area contributed by atoms with Crippen molar-refractivity contribution < 1.29 is 5.11 Å². The second kappa shape index (κ2) is 4.46. The van der Waals surface area contributed by atoms with Crippen LogP contribution in [0.2, 0.25) is 0 Å². The lowest BCUT2D eigenvalue weighted by Crippen LogP contribution is -2.17. The number of aromatic amines is 1. The minimum atomic E-state index is -0.282. The van der Waals surface area contributed by atoms with Gasteiger partial charge in [-0.05, 0) is 30.0 Å². The molecular weight excluding hydrogens is 292 g/mol. The zero-order valence-corrected chi connectivity index (χ0v) is 12.7. The van der Waals surface area contributed by atoms with Gasteiger partial charge in [-0.2, -0.15) is 0 Å². The van der Waals surface area contributed by atoms with Crippen LogP contribution in [0.5, 0.6) is 5.75 Å². The Morgan fingerprint density at radius 3 is 2.43 bits per heavy atom. The van der Waals surface area contributed by atoms with Gasteiger partial charge in [-0.3, -0.25) is 9.59 Å². The number of aromatic nitrogens is 2. The Bertz CT molecular complexity index is 1230. The first-order valence-electron chi connectivity index (χ1n) is 7.26. The molecule has 0 spiro atoms. The van der Waals surface area contributed by atoms with Gasteiger partial charge in [-0.1, -0.05) is 18.2 Å². The fourth-order valence-electron chi connectivity index (χ4n) is 3.26. The number of H-pyrrole nitrogens is 1. The molecule has 0 aliphatic rings. The molecule has 0 unspecified atom stereocenters. The first-order valence-corrected chi connectivity index (χ1v) is 7.26. The molecule has 2 N–H and O–H groups in total. The molecule has 5 heteroatoms. The molecule has 0 radical (unpaired) electrons. The number of hydrogen-bond acceptors (Lipinski definition) is 3. The number of hydrogen-bond donors (Lipinski definition) is 2. The van der Waals surface area contributed by atoms with E-state index >= 15 is 0 Å². The minimum absolute atomic E-state index is 0.0800. The second-order valence-electron chi connectivity index (χ2n) is 5.77. The van der Waals surface area contributed by atoms with Gasteiger partial charge in [0.2, 0.25) is 5.56 Å². The number of aryl methyl sites for hydroxylation is 2. The molecule has 2 aromatic carbocycles. The molecule has 114 valence electrons. The Kier molecular flexibility index (Phi) is 2.63. The molecule has 23 heavy (non-hydrogen) atoms. The summed E-state index contributed by atoms with van der Waals surface area (Å²) in [6, 6.07) is 10.7. The average molecular weight is 306 g/mol. The highest BCUT2D eigenvalue weighted by atomic mass is 16.3. The molecule has 5 nitrogen and oxygen atoms in total. The predicted octanol–water partition coefficient (Wildman–Crippen LogP) is 2.55. The zero-order valence-electron chi connectivity index (χ0n) is 12.7. The minimum Gasteiger partial charge on any atom is -0.504 e. The number of phenolic OH excluding ortho intramolecular Hbond substituents is 1. The number of rotatable bonds is 0. The van der Waals surface area contributed by atoms with Crippen molar-refractivity contribution in [2.75, 3.05) is 0 Å². The van der Waals surface area contributed by atoms with Crippen LogP contribution in [-0.2, 0) is 7.05 Å². The van der Waals surface area contributed by atoms with Gasteiger partial charge in [-0.15, -0.1) is 0 Å². The van der Waals surface area contributed by atoms with Gasteiger partial charge >= 0.3 is 0 Å². The van der Waals surface area contributed by atoms with Crippen LogP contribution >= 0.6 is 0 Å². The van der Waals surface area contributed by atoms with Crippen LogP contribution in [-0.4, -0.2) is 14.7 Å². The lowest BCUT2D eigenvalue weighted by Gasteiger charge is -2.13. The Hall–Kier alpha value is -3.08. The van der Waals surface area contributed by atoms with E-state index in [0.29, 0.717) is 16.4 Å². The van der Waals surface area contributed by atoms with Gasteiger partial charge < -0.3 is 14.7 Å². The number of aromatic hydroxyl groups is 1. The van der Waals surface area contributed by atoms with Gasteiger partial charge in [0.1, 0.15) is 0 Å². The summed E-state index contributed by atoms with van der Waals surface area (Å²) in [5, 5.41) is 13.6. The number of pyridine rings is 2. The first kappa shape index (κ1) is 13.6. The van der Waals surface area contributed by atoms with E-state index in [1.54, 1.807) is 13.1 Å². The maximum atomic E-state index is 12.5. The molecule has 0 amide bonds. The van der Waals surface area contributed by atoms with Gasteiger partial charge in [0.05, 0.1) is 11.0 Å². The lowest BCUT2D eigenvalue weighted by molar-refractivity contribution is 0.483. The van der Waals surface area contributed by atoms with E-state index in [9.17, 15) is 14.7 Å². The van der Waals surface area contributed by atoms with Gasteiger partial charge in [0, 0.05) is 29.3 Å². The van der Waals surface area contributed by atoms with E-state index < -0.39 is 0 Å². The van der Waals surface area contributed by atoms with Gasteiger partial charge in [0.25, 0.3) is 5.56 Å². The van der Waals surface area contributed by atoms with E-state index in [-0.39, 0.29) is 16.9 Å². The summed E-state index contributed by atoms with van der Waals surface area (Å²) in [5.41, 5.74) is 1.09.